The summed E-state index contributed by atoms with van der Waals surface area (Å²) in [6.07, 6.45) is 4.62. The van der Waals surface area contributed by atoms with Crippen LogP contribution in [0, 0.1) is 0 Å². The van der Waals surface area contributed by atoms with Crippen molar-refractivity contribution in [2.75, 3.05) is 32.4 Å². The summed E-state index contributed by atoms with van der Waals surface area (Å²) in [5, 5.41) is 0. The zero-order chi connectivity index (χ0) is 11.6. The second kappa shape index (κ2) is 4.75. The monoisotopic (exact) mass is 317 g/mol. The molecule has 3 aliphatic carbocycles. The van der Waals surface area contributed by atoms with E-state index in [0.717, 1.165) is 32.4 Å². The summed E-state index contributed by atoms with van der Waals surface area (Å²) in [4.78, 5) is 2.45. The molecule has 5 nitrogen and oxygen atoms in total. The summed E-state index contributed by atoms with van der Waals surface area (Å²) in [6.45, 7) is 3.00. The predicted molar refractivity (Wildman–Crippen MR) is 76.0 cm³/mol. The van der Waals surface area contributed by atoms with Crippen LogP contribution in [-0.2, 0) is 10.0 Å². The van der Waals surface area contributed by atoms with Gasteiger partial charge in [-0.15, -0.1) is 24.8 Å². The predicted octanol–water partition coefficient (Wildman–Crippen LogP) is 0.0410. The number of nitrogens with two attached hydrogens (primary N) is 1. The van der Waals surface area contributed by atoms with Gasteiger partial charge in [-0.2, -0.15) is 4.31 Å². The molecule has 0 radical (unpaired) electrons. The Labute approximate surface area is 121 Å². The molecule has 2 N–H and O–H groups in total. The summed E-state index contributed by atoms with van der Waals surface area (Å²) < 4.78 is 24.3. The van der Waals surface area contributed by atoms with Gasteiger partial charge in [0.05, 0.1) is 6.26 Å². The molecular formula is C10H21Cl2N3O2S. The molecule has 2 bridgehead atoms. The summed E-state index contributed by atoms with van der Waals surface area (Å²) in [5.74, 6) is 0. The number of nitrogens with zero attached hydrogens (tertiary/aromatic N) is 2. The Morgan fingerprint density at radius 3 is 1.78 bits per heavy atom. The lowest BCUT2D eigenvalue weighted by molar-refractivity contribution is -0.168. The van der Waals surface area contributed by atoms with E-state index in [2.05, 4.69) is 4.90 Å². The highest BCUT2D eigenvalue weighted by Crippen LogP contribution is 2.62. The summed E-state index contributed by atoms with van der Waals surface area (Å²) in [7, 11) is -3.00. The Hall–Kier alpha value is 0.410. The largest absolute Gasteiger partial charge is 0.325 e. The maximum Gasteiger partial charge on any atom is 0.211 e. The number of piperazine rings is 1. The van der Waals surface area contributed by atoms with Crippen molar-refractivity contribution in [3.05, 3.63) is 0 Å². The lowest BCUT2D eigenvalue weighted by Gasteiger charge is -2.73. The fourth-order valence-electron chi connectivity index (χ4n) is 3.64. The number of hydrogen-bond donors (Lipinski definition) is 1. The Kier molecular flexibility index (Phi) is 4.35. The van der Waals surface area contributed by atoms with Gasteiger partial charge in [-0.25, -0.2) is 8.42 Å². The SMILES string of the molecule is CS(=O)(=O)N1CCN(C23CC(N)(C2)C3)CC1.Cl.Cl. The van der Waals surface area contributed by atoms with E-state index in [1.54, 1.807) is 4.31 Å². The van der Waals surface area contributed by atoms with Crippen LogP contribution in [0.3, 0.4) is 0 Å². The first kappa shape index (κ1) is 16.5. The van der Waals surface area contributed by atoms with Crippen molar-refractivity contribution in [3.8, 4) is 0 Å². The molecule has 0 amide bonds. The molecule has 0 atom stereocenters. The fraction of sp³-hybridized carbons (Fsp3) is 1.00. The molecule has 18 heavy (non-hydrogen) atoms. The van der Waals surface area contributed by atoms with E-state index in [1.807, 2.05) is 0 Å². The molecular weight excluding hydrogens is 297 g/mol. The van der Waals surface area contributed by atoms with E-state index < -0.39 is 10.0 Å². The number of halogens is 2. The molecule has 1 saturated heterocycles. The van der Waals surface area contributed by atoms with Crippen LogP contribution in [0.4, 0.5) is 0 Å². The van der Waals surface area contributed by atoms with Crippen molar-refractivity contribution in [2.45, 2.75) is 30.3 Å². The molecule has 1 heterocycles. The highest BCUT2D eigenvalue weighted by atomic mass is 35.5. The lowest BCUT2D eigenvalue weighted by atomic mass is 9.44. The van der Waals surface area contributed by atoms with Gasteiger partial charge < -0.3 is 5.73 Å². The van der Waals surface area contributed by atoms with E-state index in [9.17, 15) is 8.42 Å². The van der Waals surface area contributed by atoms with E-state index >= 15 is 0 Å². The van der Waals surface area contributed by atoms with Crippen LogP contribution < -0.4 is 5.73 Å². The average Bonchev–Trinajstić information content (AvgIpc) is 2.10. The van der Waals surface area contributed by atoms with Gasteiger partial charge >= 0.3 is 0 Å². The molecule has 4 aliphatic rings. The summed E-state index contributed by atoms with van der Waals surface area (Å²) in [5.41, 5.74) is 6.52. The Bertz CT molecular complexity index is 401. The minimum Gasteiger partial charge on any atom is -0.325 e. The minimum atomic E-state index is -3.00. The van der Waals surface area contributed by atoms with Crippen molar-refractivity contribution < 1.29 is 8.42 Å². The van der Waals surface area contributed by atoms with E-state index in [4.69, 9.17) is 5.73 Å². The first-order valence-corrected chi connectivity index (χ1v) is 7.67. The molecule has 0 spiro atoms. The van der Waals surface area contributed by atoms with Crippen LogP contribution in [0.1, 0.15) is 19.3 Å². The fourth-order valence-corrected chi connectivity index (χ4v) is 4.47. The van der Waals surface area contributed by atoms with Crippen LogP contribution in [0.5, 0.6) is 0 Å². The molecule has 0 aromatic carbocycles. The Morgan fingerprint density at radius 1 is 1.00 bits per heavy atom. The molecule has 0 aromatic heterocycles. The molecule has 1 aliphatic heterocycles. The minimum absolute atomic E-state index is 0. The quantitative estimate of drug-likeness (QED) is 0.781. The van der Waals surface area contributed by atoms with Gasteiger partial charge in [0.2, 0.25) is 10.0 Å². The zero-order valence-corrected chi connectivity index (χ0v) is 12.9. The van der Waals surface area contributed by atoms with E-state index in [-0.39, 0.29) is 30.4 Å². The van der Waals surface area contributed by atoms with E-state index in [0.29, 0.717) is 18.6 Å². The first-order chi connectivity index (χ1) is 7.33. The maximum absolute atomic E-state index is 11.4. The third-order valence-electron chi connectivity index (χ3n) is 4.42. The second-order valence-electron chi connectivity index (χ2n) is 5.77. The van der Waals surface area contributed by atoms with Crippen molar-refractivity contribution in [1.82, 2.24) is 9.21 Å². The van der Waals surface area contributed by atoms with Crippen molar-refractivity contribution in [3.63, 3.8) is 0 Å². The standard InChI is InChI=1S/C10H19N3O2S.2ClH/c1-16(14,15)13-4-2-12(3-5-13)10-6-9(11,7-10)8-10;;/h2-8,11H2,1H3;2*1H. The zero-order valence-electron chi connectivity index (χ0n) is 10.5. The van der Waals surface area contributed by atoms with Crippen molar-refractivity contribution in [2.24, 2.45) is 5.73 Å². The third-order valence-corrected chi connectivity index (χ3v) is 5.73. The normalized spacial score (nSPS) is 39.9. The van der Waals surface area contributed by atoms with Gasteiger partial charge in [0, 0.05) is 37.3 Å². The Morgan fingerprint density at radius 2 is 1.44 bits per heavy atom. The van der Waals surface area contributed by atoms with E-state index in [1.165, 1.54) is 6.26 Å². The average molecular weight is 318 g/mol. The summed E-state index contributed by atoms with van der Waals surface area (Å²) >= 11 is 0. The third kappa shape index (κ3) is 2.39. The highest BCUT2D eigenvalue weighted by Gasteiger charge is 2.68. The lowest BCUT2D eigenvalue weighted by Crippen LogP contribution is -2.83. The van der Waals surface area contributed by atoms with Gasteiger partial charge in [0.15, 0.2) is 0 Å². The molecule has 8 heteroatoms. The number of rotatable bonds is 2. The smallest absolute Gasteiger partial charge is 0.211 e. The maximum atomic E-state index is 11.4. The highest BCUT2D eigenvalue weighted by molar-refractivity contribution is 7.88. The van der Waals surface area contributed by atoms with Gasteiger partial charge in [-0.05, 0) is 19.3 Å². The van der Waals surface area contributed by atoms with Gasteiger partial charge in [-0.1, -0.05) is 0 Å². The van der Waals surface area contributed by atoms with Crippen LogP contribution in [0.25, 0.3) is 0 Å². The topological polar surface area (TPSA) is 66.6 Å². The van der Waals surface area contributed by atoms with Crippen LogP contribution in [0.15, 0.2) is 0 Å². The molecule has 4 rings (SSSR count). The second-order valence-corrected chi connectivity index (χ2v) is 7.75. The molecule has 4 fully saturated rings. The van der Waals surface area contributed by atoms with Crippen LogP contribution >= 0.6 is 24.8 Å². The van der Waals surface area contributed by atoms with Gasteiger partial charge in [-0.3, -0.25) is 4.90 Å². The Balaban J connectivity index is 0.000000810. The van der Waals surface area contributed by atoms with Gasteiger partial charge in [0.1, 0.15) is 0 Å². The summed E-state index contributed by atoms with van der Waals surface area (Å²) in [6, 6.07) is 0. The first-order valence-electron chi connectivity index (χ1n) is 5.82. The molecule has 108 valence electrons. The van der Waals surface area contributed by atoms with Crippen LogP contribution in [0.2, 0.25) is 0 Å². The van der Waals surface area contributed by atoms with Crippen molar-refractivity contribution in [1.29, 1.82) is 0 Å². The molecule has 3 saturated carbocycles. The number of sulfonamides is 1. The molecule has 0 unspecified atom stereocenters. The molecule has 0 aromatic rings. The number of hydrogen-bond acceptors (Lipinski definition) is 4. The van der Waals surface area contributed by atoms with Crippen molar-refractivity contribution >= 4 is 34.8 Å². The van der Waals surface area contributed by atoms with Gasteiger partial charge in [0.25, 0.3) is 0 Å². The van der Waals surface area contributed by atoms with Crippen LogP contribution in [-0.4, -0.2) is 61.1 Å².